The van der Waals surface area contributed by atoms with Gasteiger partial charge in [0, 0.05) is 13.1 Å². The highest BCUT2D eigenvalue weighted by atomic mass is 16.3. The van der Waals surface area contributed by atoms with Gasteiger partial charge in [-0.2, -0.15) is 0 Å². The van der Waals surface area contributed by atoms with Crippen LogP contribution in [0.3, 0.4) is 0 Å². The van der Waals surface area contributed by atoms with Crippen molar-refractivity contribution in [2.45, 2.75) is 6.42 Å². The summed E-state index contributed by atoms with van der Waals surface area (Å²) in [6, 6.07) is 14.3. The van der Waals surface area contributed by atoms with E-state index in [4.69, 9.17) is 0 Å². The molecule has 0 bridgehead atoms. The Hall–Kier alpha value is -2.36. The topological polar surface area (TPSA) is 64.5 Å². The molecule has 0 fully saturated rings. The Morgan fingerprint density at radius 3 is 1.53 bits per heavy atom. The molecule has 0 saturated carbocycles. The first-order chi connectivity index (χ1) is 9.27. The lowest BCUT2D eigenvalue weighted by Crippen LogP contribution is -2.09. The predicted octanol–water partition coefficient (Wildman–Crippen LogP) is 3.01. The van der Waals surface area contributed by atoms with Crippen LogP contribution < -0.4 is 10.6 Å². The summed E-state index contributed by atoms with van der Waals surface area (Å²) in [7, 11) is 0. The number of phenols is 2. The summed E-state index contributed by atoms with van der Waals surface area (Å²) in [5.74, 6) is 0.521. The van der Waals surface area contributed by atoms with Crippen LogP contribution in [0.25, 0.3) is 0 Å². The quantitative estimate of drug-likeness (QED) is 0.475. The molecule has 0 aromatic heterocycles. The van der Waals surface area contributed by atoms with Crippen molar-refractivity contribution in [1.82, 2.24) is 0 Å². The molecule has 0 heterocycles. The average molecular weight is 258 g/mol. The summed E-state index contributed by atoms with van der Waals surface area (Å²) in [6.07, 6.45) is 0.878. The van der Waals surface area contributed by atoms with E-state index in [0.717, 1.165) is 30.9 Å². The largest absolute Gasteiger partial charge is 0.506 e. The third-order valence-electron chi connectivity index (χ3n) is 2.79. The van der Waals surface area contributed by atoms with Crippen LogP contribution in [-0.2, 0) is 0 Å². The van der Waals surface area contributed by atoms with Crippen molar-refractivity contribution in [2.75, 3.05) is 23.7 Å². The number of anilines is 2. The van der Waals surface area contributed by atoms with Gasteiger partial charge in [0.05, 0.1) is 11.4 Å². The molecule has 0 atom stereocenters. The number of nitrogens with one attached hydrogen (secondary N) is 2. The monoisotopic (exact) mass is 258 g/mol. The summed E-state index contributed by atoms with van der Waals surface area (Å²) in [6.45, 7) is 1.50. The first-order valence-electron chi connectivity index (χ1n) is 6.31. The molecule has 0 aliphatic rings. The summed E-state index contributed by atoms with van der Waals surface area (Å²) in [5.41, 5.74) is 1.48. The molecule has 2 aromatic rings. The van der Waals surface area contributed by atoms with E-state index in [2.05, 4.69) is 10.6 Å². The molecular weight excluding hydrogens is 240 g/mol. The number of hydrogen-bond donors (Lipinski definition) is 4. The Morgan fingerprint density at radius 2 is 1.11 bits per heavy atom. The smallest absolute Gasteiger partial charge is 0.138 e. The molecule has 4 heteroatoms. The van der Waals surface area contributed by atoms with Crippen LogP contribution in [0.4, 0.5) is 11.4 Å². The van der Waals surface area contributed by atoms with Crippen LogP contribution in [0.1, 0.15) is 6.42 Å². The Kier molecular flexibility index (Phi) is 4.50. The van der Waals surface area contributed by atoms with Crippen molar-refractivity contribution >= 4 is 11.4 Å². The molecule has 0 radical (unpaired) electrons. The Morgan fingerprint density at radius 1 is 0.684 bits per heavy atom. The van der Waals surface area contributed by atoms with E-state index < -0.39 is 0 Å². The van der Waals surface area contributed by atoms with Gasteiger partial charge in [-0.15, -0.1) is 0 Å². The summed E-state index contributed by atoms with van der Waals surface area (Å²) >= 11 is 0. The van der Waals surface area contributed by atoms with Crippen molar-refractivity contribution in [2.24, 2.45) is 0 Å². The SMILES string of the molecule is Oc1ccccc1NCCCNc1ccccc1O. The molecule has 100 valence electrons. The highest BCUT2D eigenvalue weighted by molar-refractivity contribution is 5.56. The third-order valence-corrected chi connectivity index (χ3v) is 2.79. The molecule has 0 amide bonds. The van der Waals surface area contributed by atoms with E-state index in [0.29, 0.717) is 0 Å². The zero-order valence-electron chi connectivity index (χ0n) is 10.6. The third kappa shape index (κ3) is 3.81. The molecule has 0 saturated heterocycles. The van der Waals surface area contributed by atoms with Crippen LogP contribution in [0.15, 0.2) is 48.5 Å². The van der Waals surface area contributed by atoms with Crippen molar-refractivity contribution in [3.8, 4) is 11.5 Å². The molecular formula is C15H18N2O2. The van der Waals surface area contributed by atoms with Crippen LogP contribution in [0.2, 0.25) is 0 Å². The molecule has 19 heavy (non-hydrogen) atoms. The molecule has 0 aliphatic carbocycles. The van der Waals surface area contributed by atoms with E-state index in [1.165, 1.54) is 0 Å². The van der Waals surface area contributed by atoms with Crippen molar-refractivity contribution in [3.05, 3.63) is 48.5 Å². The summed E-state index contributed by atoms with van der Waals surface area (Å²) < 4.78 is 0. The first-order valence-corrected chi connectivity index (χ1v) is 6.31. The maximum atomic E-state index is 9.57. The number of para-hydroxylation sites is 4. The minimum atomic E-state index is 0.260. The van der Waals surface area contributed by atoms with Gasteiger partial charge in [0.1, 0.15) is 11.5 Å². The molecule has 0 aliphatic heterocycles. The predicted molar refractivity (Wildman–Crippen MR) is 77.8 cm³/mol. The Bertz CT molecular complexity index is 482. The van der Waals surface area contributed by atoms with Crippen molar-refractivity contribution < 1.29 is 10.2 Å². The van der Waals surface area contributed by atoms with Gasteiger partial charge < -0.3 is 20.8 Å². The molecule has 2 aromatic carbocycles. The second kappa shape index (κ2) is 6.54. The lowest BCUT2D eigenvalue weighted by atomic mass is 10.2. The zero-order valence-corrected chi connectivity index (χ0v) is 10.6. The average Bonchev–Trinajstić information content (AvgIpc) is 2.42. The normalized spacial score (nSPS) is 10.1. The number of rotatable bonds is 6. The summed E-state index contributed by atoms with van der Waals surface area (Å²) in [5, 5.41) is 25.5. The van der Waals surface area contributed by atoms with Crippen molar-refractivity contribution in [3.63, 3.8) is 0 Å². The molecule has 2 rings (SSSR count). The molecule has 0 spiro atoms. The maximum absolute atomic E-state index is 9.57. The van der Waals surface area contributed by atoms with E-state index in [-0.39, 0.29) is 11.5 Å². The first kappa shape index (κ1) is 13.1. The fourth-order valence-corrected chi connectivity index (χ4v) is 1.78. The van der Waals surface area contributed by atoms with E-state index in [1.807, 2.05) is 24.3 Å². The number of aromatic hydroxyl groups is 2. The van der Waals surface area contributed by atoms with Gasteiger partial charge in [0.2, 0.25) is 0 Å². The van der Waals surface area contributed by atoms with Gasteiger partial charge in [-0.3, -0.25) is 0 Å². The standard InChI is InChI=1S/C15H18N2O2/c18-14-8-3-1-6-12(14)16-10-5-11-17-13-7-2-4-9-15(13)19/h1-4,6-9,16-19H,5,10-11H2. The van der Waals surface area contributed by atoms with E-state index >= 15 is 0 Å². The highest BCUT2D eigenvalue weighted by Gasteiger charge is 1.99. The van der Waals surface area contributed by atoms with Gasteiger partial charge >= 0.3 is 0 Å². The van der Waals surface area contributed by atoms with Crippen LogP contribution in [-0.4, -0.2) is 23.3 Å². The van der Waals surface area contributed by atoms with Gasteiger partial charge in [-0.05, 0) is 30.7 Å². The molecule has 4 nitrogen and oxygen atoms in total. The van der Waals surface area contributed by atoms with Gasteiger partial charge in [0.25, 0.3) is 0 Å². The Labute approximate surface area is 112 Å². The van der Waals surface area contributed by atoms with Crippen LogP contribution in [0, 0.1) is 0 Å². The lowest BCUT2D eigenvalue weighted by molar-refractivity contribution is 0.477. The Balaban J connectivity index is 1.71. The minimum absolute atomic E-state index is 0.260. The number of hydrogen-bond acceptors (Lipinski definition) is 4. The van der Waals surface area contributed by atoms with Gasteiger partial charge in [0.15, 0.2) is 0 Å². The highest BCUT2D eigenvalue weighted by Crippen LogP contribution is 2.22. The van der Waals surface area contributed by atoms with Gasteiger partial charge in [-0.1, -0.05) is 24.3 Å². The van der Waals surface area contributed by atoms with E-state index in [9.17, 15) is 10.2 Å². The lowest BCUT2D eigenvalue weighted by Gasteiger charge is -2.10. The summed E-state index contributed by atoms with van der Waals surface area (Å²) in [4.78, 5) is 0. The molecule has 4 N–H and O–H groups in total. The zero-order chi connectivity index (χ0) is 13.5. The van der Waals surface area contributed by atoms with Crippen molar-refractivity contribution in [1.29, 1.82) is 0 Å². The van der Waals surface area contributed by atoms with Crippen LogP contribution >= 0.6 is 0 Å². The number of benzene rings is 2. The molecule has 0 unspecified atom stereocenters. The van der Waals surface area contributed by atoms with Gasteiger partial charge in [-0.25, -0.2) is 0 Å². The fraction of sp³-hybridized carbons (Fsp3) is 0.200. The van der Waals surface area contributed by atoms with E-state index in [1.54, 1.807) is 24.3 Å². The number of phenolic OH excluding ortho intramolecular Hbond substituents is 2. The second-order valence-electron chi connectivity index (χ2n) is 4.24. The minimum Gasteiger partial charge on any atom is -0.506 e. The maximum Gasteiger partial charge on any atom is 0.138 e. The second-order valence-corrected chi connectivity index (χ2v) is 4.24. The fourth-order valence-electron chi connectivity index (χ4n) is 1.78. The van der Waals surface area contributed by atoms with Crippen LogP contribution in [0.5, 0.6) is 11.5 Å².